The van der Waals surface area contributed by atoms with E-state index >= 15 is 0 Å². The van der Waals surface area contributed by atoms with E-state index in [2.05, 4.69) is 27.4 Å². The van der Waals surface area contributed by atoms with Gasteiger partial charge in [-0.2, -0.15) is 0 Å². The van der Waals surface area contributed by atoms with Crippen molar-refractivity contribution in [3.63, 3.8) is 0 Å². The molecule has 0 atom stereocenters. The smallest absolute Gasteiger partial charge is 0.224 e. The van der Waals surface area contributed by atoms with Crippen LogP contribution in [0.4, 0.5) is 0 Å². The molecular weight excluding hydrogens is 338 g/mol. The topological polar surface area (TPSA) is 70.9 Å². The van der Waals surface area contributed by atoms with Crippen LogP contribution in [0.25, 0.3) is 22.0 Å². The number of para-hydroxylation sites is 2. The van der Waals surface area contributed by atoms with Crippen molar-refractivity contribution in [3.8, 4) is 0 Å². The van der Waals surface area contributed by atoms with Gasteiger partial charge in [-0.1, -0.05) is 12.1 Å². The number of aryl methyl sites for hydroxylation is 2. The second-order valence-corrected chi connectivity index (χ2v) is 7.21. The number of carbonyl (C=O) groups is 1. The fourth-order valence-electron chi connectivity index (χ4n) is 3.96. The van der Waals surface area contributed by atoms with Crippen molar-refractivity contribution in [1.82, 2.24) is 15.3 Å². The molecule has 0 radical (unpaired) electrons. The van der Waals surface area contributed by atoms with Crippen LogP contribution < -0.4 is 5.32 Å². The number of carbonyl (C=O) groups excluding carboxylic acids is 1. The Balaban J connectivity index is 1.22. The molecule has 2 N–H and O–H groups in total. The van der Waals surface area contributed by atoms with Gasteiger partial charge in [0.2, 0.25) is 5.91 Å². The van der Waals surface area contributed by atoms with Gasteiger partial charge in [0.25, 0.3) is 0 Å². The van der Waals surface area contributed by atoms with Crippen LogP contribution in [-0.2, 0) is 30.5 Å². The molecule has 5 heteroatoms. The van der Waals surface area contributed by atoms with E-state index in [4.69, 9.17) is 4.42 Å². The van der Waals surface area contributed by atoms with E-state index in [1.165, 1.54) is 17.5 Å². The van der Waals surface area contributed by atoms with E-state index in [-0.39, 0.29) is 5.91 Å². The Morgan fingerprint density at radius 3 is 2.93 bits per heavy atom. The van der Waals surface area contributed by atoms with Crippen LogP contribution in [0, 0.1) is 0 Å². The molecule has 0 saturated carbocycles. The number of benzene rings is 2. The maximum Gasteiger partial charge on any atom is 0.224 e. The number of aromatic amines is 1. The zero-order chi connectivity index (χ0) is 18.2. The fourth-order valence-corrected chi connectivity index (χ4v) is 3.96. The summed E-state index contributed by atoms with van der Waals surface area (Å²) in [5.41, 5.74) is 6.61. The number of amides is 1. The number of nitrogens with one attached hydrogen (secondary N) is 2. The molecule has 0 saturated heterocycles. The summed E-state index contributed by atoms with van der Waals surface area (Å²) in [7, 11) is 0. The molecule has 1 aliphatic rings. The SMILES string of the molecule is O=C(Cc1coc2cc3c(cc12)CCC3)NCCc1nc2ccccc2[nH]1. The molecule has 0 aliphatic heterocycles. The first-order valence-corrected chi connectivity index (χ1v) is 9.48. The van der Waals surface area contributed by atoms with Crippen molar-refractivity contribution in [2.24, 2.45) is 0 Å². The molecule has 1 amide bonds. The van der Waals surface area contributed by atoms with Gasteiger partial charge in [-0.25, -0.2) is 4.98 Å². The van der Waals surface area contributed by atoms with Crippen molar-refractivity contribution in [2.75, 3.05) is 6.54 Å². The first kappa shape index (κ1) is 16.1. The minimum Gasteiger partial charge on any atom is -0.464 e. The van der Waals surface area contributed by atoms with Crippen LogP contribution in [0.3, 0.4) is 0 Å². The number of fused-ring (bicyclic) bond motifs is 3. The average molecular weight is 359 g/mol. The predicted molar refractivity (Wildman–Crippen MR) is 105 cm³/mol. The number of hydrogen-bond acceptors (Lipinski definition) is 3. The summed E-state index contributed by atoms with van der Waals surface area (Å²) in [5, 5.41) is 4.06. The van der Waals surface area contributed by atoms with Gasteiger partial charge < -0.3 is 14.7 Å². The largest absolute Gasteiger partial charge is 0.464 e. The first-order valence-electron chi connectivity index (χ1n) is 9.48. The maximum atomic E-state index is 12.4. The van der Waals surface area contributed by atoms with Gasteiger partial charge in [-0.15, -0.1) is 0 Å². The van der Waals surface area contributed by atoms with Crippen LogP contribution >= 0.6 is 0 Å². The summed E-state index contributed by atoms with van der Waals surface area (Å²) in [6, 6.07) is 12.3. The minimum absolute atomic E-state index is 0.00862. The maximum absolute atomic E-state index is 12.4. The third-order valence-corrected chi connectivity index (χ3v) is 5.34. The number of hydrogen-bond donors (Lipinski definition) is 2. The van der Waals surface area contributed by atoms with Crippen LogP contribution in [0.2, 0.25) is 0 Å². The van der Waals surface area contributed by atoms with Crippen molar-refractivity contribution >= 4 is 27.9 Å². The van der Waals surface area contributed by atoms with Crippen LogP contribution in [-0.4, -0.2) is 22.4 Å². The summed E-state index contributed by atoms with van der Waals surface area (Å²) in [6.45, 7) is 0.559. The van der Waals surface area contributed by atoms with Gasteiger partial charge in [-0.3, -0.25) is 4.79 Å². The number of rotatable bonds is 5. The third-order valence-electron chi connectivity index (χ3n) is 5.34. The summed E-state index contributed by atoms with van der Waals surface area (Å²) in [5.74, 6) is 0.898. The zero-order valence-corrected chi connectivity index (χ0v) is 15.0. The molecule has 0 bridgehead atoms. The molecule has 0 unspecified atom stereocenters. The lowest BCUT2D eigenvalue weighted by atomic mass is 10.0. The van der Waals surface area contributed by atoms with E-state index in [9.17, 15) is 4.79 Å². The quantitative estimate of drug-likeness (QED) is 0.571. The Labute approximate surface area is 156 Å². The number of imidazole rings is 1. The summed E-state index contributed by atoms with van der Waals surface area (Å²) in [6.07, 6.45) is 6.20. The molecule has 136 valence electrons. The molecule has 2 aromatic carbocycles. The molecule has 1 aliphatic carbocycles. The monoisotopic (exact) mass is 359 g/mol. The van der Waals surface area contributed by atoms with Gasteiger partial charge in [0.05, 0.1) is 23.7 Å². The first-order chi connectivity index (χ1) is 13.3. The van der Waals surface area contributed by atoms with Gasteiger partial charge in [-0.05, 0) is 54.7 Å². The highest BCUT2D eigenvalue weighted by atomic mass is 16.3. The van der Waals surface area contributed by atoms with Crippen LogP contribution in [0.1, 0.15) is 28.9 Å². The Morgan fingerprint density at radius 1 is 1.19 bits per heavy atom. The van der Waals surface area contributed by atoms with E-state index in [0.717, 1.165) is 46.2 Å². The Bertz CT molecular complexity index is 1110. The van der Waals surface area contributed by atoms with E-state index in [1.54, 1.807) is 6.26 Å². The fraction of sp³-hybridized carbons (Fsp3) is 0.273. The molecule has 5 rings (SSSR count). The Kier molecular flexibility index (Phi) is 3.93. The van der Waals surface area contributed by atoms with Gasteiger partial charge >= 0.3 is 0 Å². The number of aromatic nitrogens is 2. The van der Waals surface area contributed by atoms with Crippen molar-refractivity contribution in [1.29, 1.82) is 0 Å². The number of furan rings is 1. The Morgan fingerprint density at radius 2 is 2.04 bits per heavy atom. The minimum atomic E-state index is 0.00862. The lowest BCUT2D eigenvalue weighted by Crippen LogP contribution is -2.27. The number of nitrogens with zero attached hydrogens (tertiary/aromatic N) is 1. The summed E-state index contributed by atoms with van der Waals surface area (Å²) in [4.78, 5) is 20.2. The lowest BCUT2D eigenvalue weighted by Gasteiger charge is -2.04. The molecule has 0 fully saturated rings. The average Bonchev–Trinajstić information content (AvgIpc) is 3.38. The molecular formula is C22H21N3O2. The Hall–Kier alpha value is -3.08. The highest BCUT2D eigenvalue weighted by Gasteiger charge is 2.16. The standard InChI is InChI=1S/C22H21N3O2/c26-22(23-9-8-21-24-18-6-1-2-7-19(18)25-21)12-16-13-27-20-11-15-5-3-4-14(15)10-17(16)20/h1-2,6-7,10-11,13H,3-5,8-9,12H2,(H,23,26)(H,24,25). The van der Waals surface area contributed by atoms with Crippen molar-refractivity contribution in [2.45, 2.75) is 32.1 Å². The van der Waals surface area contributed by atoms with E-state index in [1.807, 2.05) is 24.3 Å². The van der Waals surface area contributed by atoms with Gasteiger partial charge in [0.1, 0.15) is 11.4 Å². The molecule has 2 aromatic heterocycles. The molecule has 0 spiro atoms. The molecule has 4 aromatic rings. The van der Waals surface area contributed by atoms with Gasteiger partial charge in [0, 0.05) is 23.9 Å². The van der Waals surface area contributed by atoms with Crippen molar-refractivity contribution < 1.29 is 9.21 Å². The van der Waals surface area contributed by atoms with Gasteiger partial charge in [0.15, 0.2) is 0 Å². The van der Waals surface area contributed by atoms with Crippen LogP contribution in [0.5, 0.6) is 0 Å². The molecule has 5 nitrogen and oxygen atoms in total. The highest BCUT2D eigenvalue weighted by Crippen LogP contribution is 2.30. The zero-order valence-electron chi connectivity index (χ0n) is 15.0. The second kappa shape index (κ2) is 6.58. The lowest BCUT2D eigenvalue weighted by molar-refractivity contribution is -0.120. The summed E-state index contributed by atoms with van der Waals surface area (Å²) < 4.78 is 5.69. The molecule has 27 heavy (non-hydrogen) atoms. The number of H-pyrrole nitrogens is 1. The van der Waals surface area contributed by atoms with Crippen molar-refractivity contribution in [3.05, 3.63) is 65.2 Å². The third kappa shape index (κ3) is 3.10. The second-order valence-electron chi connectivity index (χ2n) is 7.21. The predicted octanol–water partition coefficient (Wildman–Crippen LogP) is 3.70. The normalized spacial score (nSPS) is 13.3. The van der Waals surface area contributed by atoms with Crippen LogP contribution in [0.15, 0.2) is 47.1 Å². The van der Waals surface area contributed by atoms with E-state index in [0.29, 0.717) is 19.4 Å². The molecule has 2 heterocycles. The highest BCUT2D eigenvalue weighted by molar-refractivity contribution is 5.88. The summed E-state index contributed by atoms with van der Waals surface area (Å²) >= 11 is 0. The van der Waals surface area contributed by atoms with E-state index < -0.39 is 0 Å².